The number of aliphatic hydroxyl groups excluding tert-OH is 2. The molecule has 0 unspecified atom stereocenters. The fourth-order valence-corrected chi connectivity index (χ4v) is 2.59. The molecule has 0 aromatic heterocycles. The predicted octanol–water partition coefficient (Wildman–Crippen LogP) is -1.44. The van der Waals surface area contributed by atoms with E-state index in [9.17, 15) is 13.2 Å². The molecule has 0 radical (unpaired) electrons. The van der Waals surface area contributed by atoms with Gasteiger partial charge in [0.2, 0.25) is 10.0 Å². The second-order valence-corrected chi connectivity index (χ2v) is 5.31. The normalized spacial score (nSPS) is 11.8. The number of sulfonamides is 1. The van der Waals surface area contributed by atoms with Gasteiger partial charge >= 0.3 is 5.97 Å². The van der Waals surface area contributed by atoms with Gasteiger partial charge in [0.05, 0.1) is 32.0 Å². The molecule has 2 N–H and O–H groups in total. The minimum Gasteiger partial charge on any atom is -0.466 e. The maximum atomic E-state index is 11.7. The van der Waals surface area contributed by atoms with Gasteiger partial charge in [-0.15, -0.1) is 0 Å². The van der Waals surface area contributed by atoms with Crippen molar-refractivity contribution in [1.82, 2.24) is 4.31 Å². The Balaban J connectivity index is 4.36. The van der Waals surface area contributed by atoms with E-state index in [1.54, 1.807) is 6.92 Å². The quantitative estimate of drug-likeness (QED) is 0.497. The van der Waals surface area contributed by atoms with Crippen LogP contribution in [-0.2, 0) is 19.6 Å². The molecule has 7 nitrogen and oxygen atoms in total. The van der Waals surface area contributed by atoms with Crippen LogP contribution in [0.3, 0.4) is 0 Å². The highest BCUT2D eigenvalue weighted by Gasteiger charge is 2.22. The first-order valence-electron chi connectivity index (χ1n) is 5.33. The summed E-state index contributed by atoms with van der Waals surface area (Å²) in [5.74, 6) is -0.963. The van der Waals surface area contributed by atoms with E-state index in [-0.39, 0.29) is 45.1 Å². The predicted molar refractivity (Wildman–Crippen MR) is 60.8 cm³/mol. The van der Waals surface area contributed by atoms with Crippen LogP contribution in [0.2, 0.25) is 0 Å². The standard InChI is InChI=1S/C9H19NO6S/c1-2-16-9(13)3-8-17(14,15)10(4-6-11)5-7-12/h11-12H,2-8H2,1H3. The molecule has 0 heterocycles. The summed E-state index contributed by atoms with van der Waals surface area (Å²) in [4.78, 5) is 11.0. The van der Waals surface area contributed by atoms with Gasteiger partial charge in [-0.3, -0.25) is 4.79 Å². The van der Waals surface area contributed by atoms with Gasteiger partial charge in [0.15, 0.2) is 0 Å². The van der Waals surface area contributed by atoms with Crippen molar-refractivity contribution in [3.05, 3.63) is 0 Å². The largest absolute Gasteiger partial charge is 0.466 e. The van der Waals surface area contributed by atoms with Crippen molar-refractivity contribution in [2.75, 3.05) is 38.7 Å². The zero-order valence-corrected chi connectivity index (χ0v) is 10.6. The zero-order valence-electron chi connectivity index (χ0n) is 9.83. The molecule has 0 aliphatic heterocycles. The van der Waals surface area contributed by atoms with Gasteiger partial charge in [-0.25, -0.2) is 8.42 Å². The maximum Gasteiger partial charge on any atom is 0.306 e. The summed E-state index contributed by atoms with van der Waals surface area (Å²) in [6, 6.07) is 0. The monoisotopic (exact) mass is 269 g/mol. The number of aliphatic hydroxyl groups is 2. The third-order valence-corrected chi connectivity index (χ3v) is 3.83. The van der Waals surface area contributed by atoms with E-state index in [1.165, 1.54) is 0 Å². The second kappa shape index (κ2) is 8.40. The second-order valence-electron chi connectivity index (χ2n) is 3.22. The number of carbonyl (C=O) groups is 1. The molecule has 0 amide bonds. The Kier molecular flexibility index (Phi) is 8.05. The topological polar surface area (TPSA) is 104 Å². The maximum absolute atomic E-state index is 11.7. The van der Waals surface area contributed by atoms with Gasteiger partial charge in [0.1, 0.15) is 0 Å². The van der Waals surface area contributed by atoms with Crippen molar-refractivity contribution in [2.45, 2.75) is 13.3 Å². The molecular formula is C9H19NO6S. The van der Waals surface area contributed by atoms with Crippen molar-refractivity contribution in [1.29, 1.82) is 0 Å². The molecule has 0 aliphatic carbocycles. The third-order valence-electron chi connectivity index (χ3n) is 1.96. The summed E-state index contributed by atoms with van der Waals surface area (Å²) in [5.41, 5.74) is 0. The lowest BCUT2D eigenvalue weighted by atomic mass is 10.5. The van der Waals surface area contributed by atoms with Crippen molar-refractivity contribution in [2.24, 2.45) is 0 Å². The number of hydrogen-bond acceptors (Lipinski definition) is 6. The highest BCUT2D eigenvalue weighted by molar-refractivity contribution is 7.89. The van der Waals surface area contributed by atoms with Crippen molar-refractivity contribution < 1.29 is 28.2 Å². The van der Waals surface area contributed by atoms with E-state index in [4.69, 9.17) is 10.2 Å². The highest BCUT2D eigenvalue weighted by atomic mass is 32.2. The Morgan fingerprint density at radius 3 is 2.18 bits per heavy atom. The Labute approximate surface area is 101 Å². The van der Waals surface area contributed by atoms with E-state index in [0.717, 1.165) is 4.31 Å². The minimum atomic E-state index is -3.65. The van der Waals surface area contributed by atoms with Gasteiger partial charge in [-0.1, -0.05) is 0 Å². The molecule has 0 aromatic rings. The summed E-state index contributed by atoms with van der Waals surface area (Å²) < 4.78 is 29.0. The Bertz CT molecular complexity index is 309. The van der Waals surface area contributed by atoms with E-state index in [1.807, 2.05) is 0 Å². The van der Waals surface area contributed by atoms with E-state index >= 15 is 0 Å². The van der Waals surface area contributed by atoms with Crippen LogP contribution < -0.4 is 0 Å². The summed E-state index contributed by atoms with van der Waals surface area (Å²) >= 11 is 0. The molecule has 0 bridgehead atoms. The number of rotatable bonds is 9. The number of esters is 1. The van der Waals surface area contributed by atoms with Gasteiger partial charge in [0, 0.05) is 13.1 Å². The first-order valence-corrected chi connectivity index (χ1v) is 6.94. The van der Waals surface area contributed by atoms with Gasteiger partial charge < -0.3 is 14.9 Å². The summed E-state index contributed by atoms with van der Waals surface area (Å²) in [6.07, 6.45) is -0.233. The summed E-state index contributed by atoms with van der Waals surface area (Å²) in [7, 11) is -3.65. The van der Waals surface area contributed by atoms with Gasteiger partial charge in [-0.05, 0) is 6.92 Å². The first kappa shape index (κ1) is 16.3. The molecule has 0 aliphatic rings. The molecule has 0 fully saturated rings. The number of hydrogen-bond donors (Lipinski definition) is 2. The molecule has 0 atom stereocenters. The Morgan fingerprint density at radius 1 is 1.24 bits per heavy atom. The average molecular weight is 269 g/mol. The van der Waals surface area contributed by atoms with Crippen LogP contribution >= 0.6 is 0 Å². The molecule has 0 aromatic carbocycles. The lowest BCUT2D eigenvalue weighted by Crippen LogP contribution is -2.38. The SMILES string of the molecule is CCOC(=O)CCS(=O)(=O)N(CCO)CCO. The van der Waals surface area contributed by atoms with Gasteiger partial charge in [0.25, 0.3) is 0 Å². The van der Waals surface area contributed by atoms with Crippen LogP contribution in [0.15, 0.2) is 0 Å². The van der Waals surface area contributed by atoms with Crippen LogP contribution in [0.1, 0.15) is 13.3 Å². The summed E-state index contributed by atoms with van der Waals surface area (Å²) in [5, 5.41) is 17.4. The molecule has 102 valence electrons. The van der Waals surface area contributed by atoms with E-state index in [0.29, 0.717) is 0 Å². The lowest BCUT2D eigenvalue weighted by molar-refractivity contribution is -0.142. The van der Waals surface area contributed by atoms with Crippen molar-refractivity contribution in [3.8, 4) is 0 Å². The Morgan fingerprint density at radius 2 is 1.76 bits per heavy atom. The third kappa shape index (κ3) is 6.57. The lowest BCUT2D eigenvalue weighted by Gasteiger charge is -2.19. The average Bonchev–Trinajstić information content (AvgIpc) is 2.27. The molecule has 8 heteroatoms. The number of carbonyl (C=O) groups excluding carboxylic acids is 1. The fourth-order valence-electron chi connectivity index (χ4n) is 1.19. The van der Waals surface area contributed by atoms with Crippen LogP contribution in [0.4, 0.5) is 0 Å². The molecule has 17 heavy (non-hydrogen) atoms. The van der Waals surface area contributed by atoms with Crippen LogP contribution in [0, 0.1) is 0 Å². The van der Waals surface area contributed by atoms with E-state index < -0.39 is 16.0 Å². The molecule has 0 saturated carbocycles. The van der Waals surface area contributed by atoms with Crippen LogP contribution in [0.25, 0.3) is 0 Å². The smallest absolute Gasteiger partial charge is 0.306 e. The molecule has 0 spiro atoms. The number of ether oxygens (including phenoxy) is 1. The fraction of sp³-hybridized carbons (Fsp3) is 0.889. The molecular weight excluding hydrogens is 250 g/mol. The van der Waals surface area contributed by atoms with Crippen LogP contribution in [-0.4, -0.2) is 67.6 Å². The van der Waals surface area contributed by atoms with E-state index in [2.05, 4.69) is 4.74 Å². The molecule has 0 rings (SSSR count). The van der Waals surface area contributed by atoms with Crippen molar-refractivity contribution in [3.63, 3.8) is 0 Å². The Hall–Kier alpha value is -0.700. The minimum absolute atomic E-state index is 0.0915. The summed E-state index contributed by atoms with van der Waals surface area (Å²) in [6.45, 7) is 0.987. The first-order chi connectivity index (χ1) is 7.97. The van der Waals surface area contributed by atoms with Crippen LogP contribution in [0.5, 0.6) is 0 Å². The zero-order chi connectivity index (χ0) is 13.3. The molecule has 0 saturated heterocycles. The highest BCUT2D eigenvalue weighted by Crippen LogP contribution is 2.03. The number of nitrogens with zero attached hydrogens (tertiary/aromatic N) is 1. The van der Waals surface area contributed by atoms with Crippen molar-refractivity contribution >= 4 is 16.0 Å². The van der Waals surface area contributed by atoms with Gasteiger partial charge in [-0.2, -0.15) is 4.31 Å².